The quantitative estimate of drug-likeness (QED) is 0.381. The number of aromatic amines is 1. The second kappa shape index (κ2) is 8.51. The topological polar surface area (TPSA) is 66.6 Å². The van der Waals surface area contributed by atoms with Crippen molar-refractivity contribution < 1.29 is 27.4 Å². The van der Waals surface area contributed by atoms with Crippen molar-refractivity contribution in [1.29, 1.82) is 0 Å². The Morgan fingerprint density at radius 2 is 1.81 bits per heavy atom. The van der Waals surface area contributed by atoms with Crippen molar-refractivity contribution in [3.05, 3.63) is 94.7 Å². The van der Waals surface area contributed by atoms with Crippen molar-refractivity contribution in [2.45, 2.75) is 25.2 Å². The molecule has 2 N–H and O–H groups in total. The van der Waals surface area contributed by atoms with Gasteiger partial charge in [-0.15, -0.1) is 0 Å². The summed E-state index contributed by atoms with van der Waals surface area (Å²) in [5, 5.41) is 3.81. The number of nitrogens with one attached hydrogen (secondary N) is 2. The van der Waals surface area contributed by atoms with E-state index in [4.69, 9.17) is 9.47 Å². The zero-order valence-corrected chi connectivity index (χ0v) is 19.1. The fourth-order valence-electron chi connectivity index (χ4n) is 5.11. The van der Waals surface area contributed by atoms with Crippen LogP contribution in [0, 0.1) is 0 Å². The average molecular weight is 493 g/mol. The summed E-state index contributed by atoms with van der Waals surface area (Å²) in [5.41, 5.74) is 3.05. The zero-order chi connectivity index (χ0) is 24.9. The molecule has 0 saturated carbocycles. The number of hydrogen-bond acceptors (Lipinski definition) is 3. The van der Waals surface area contributed by atoms with E-state index < -0.39 is 23.8 Å². The number of nitrogens with zero attached hydrogens (tertiary/aromatic N) is 1. The summed E-state index contributed by atoms with van der Waals surface area (Å²) in [6.07, 6.45) is -3.88. The van der Waals surface area contributed by atoms with Crippen LogP contribution in [0.1, 0.15) is 34.0 Å². The van der Waals surface area contributed by atoms with Gasteiger partial charge in [-0.05, 0) is 47.4 Å². The highest BCUT2D eigenvalue weighted by Gasteiger charge is 2.36. The Morgan fingerprint density at radius 1 is 1.03 bits per heavy atom. The molecule has 2 aliphatic heterocycles. The Labute approximate surface area is 204 Å². The van der Waals surface area contributed by atoms with E-state index in [0.29, 0.717) is 24.5 Å². The first-order valence-electron chi connectivity index (χ1n) is 11.6. The highest BCUT2D eigenvalue weighted by atomic mass is 19.4. The second-order valence-corrected chi connectivity index (χ2v) is 8.84. The van der Waals surface area contributed by atoms with Gasteiger partial charge in [-0.1, -0.05) is 42.5 Å². The average Bonchev–Trinajstić information content (AvgIpc) is 3.50. The number of hydrogen-bond donors (Lipinski definition) is 2. The van der Waals surface area contributed by atoms with Gasteiger partial charge in [0.15, 0.2) is 11.5 Å². The van der Waals surface area contributed by atoms with E-state index in [-0.39, 0.29) is 18.9 Å². The monoisotopic (exact) mass is 493 g/mol. The van der Waals surface area contributed by atoms with Crippen LogP contribution in [0.4, 0.5) is 18.0 Å². The molecule has 0 radical (unpaired) electrons. The summed E-state index contributed by atoms with van der Waals surface area (Å²) in [6, 6.07) is 17.9. The lowest BCUT2D eigenvalue weighted by atomic mass is 9.92. The number of H-pyrrole nitrogens is 1. The van der Waals surface area contributed by atoms with E-state index in [1.165, 1.54) is 18.2 Å². The summed E-state index contributed by atoms with van der Waals surface area (Å²) in [6.45, 7) is 0.295. The molecule has 1 unspecified atom stereocenters. The third-order valence-electron chi connectivity index (χ3n) is 6.76. The van der Waals surface area contributed by atoms with E-state index in [1.807, 2.05) is 42.5 Å². The zero-order valence-electron chi connectivity index (χ0n) is 19.1. The molecular weight excluding hydrogens is 471 g/mol. The summed E-state index contributed by atoms with van der Waals surface area (Å²) < 4.78 is 51.3. The summed E-state index contributed by atoms with van der Waals surface area (Å²) in [7, 11) is 0. The minimum atomic E-state index is -4.50. The first kappa shape index (κ1) is 22.3. The number of aromatic nitrogens is 1. The fraction of sp³-hybridized carbons (Fsp3) is 0.222. The standard InChI is InChI=1S/C27H22F3N3O3/c28-27(29,30)20-7-3-1-5-17(20)14-31-26(34)33-12-11-19-18-6-2-4-8-21(18)32-24(19)25(33)16-9-10-22-23(13-16)36-15-35-22/h1-10,13,25,32H,11-12,14-15H2,(H,31,34). The molecule has 6 nitrogen and oxygen atoms in total. The molecule has 0 bridgehead atoms. The lowest BCUT2D eigenvalue weighted by Crippen LogP contribution is -2.46. The summed E-state index contributed by atoms with van der Waals surface area (Å²) >= 11 is 0. The number of halogens is 3. The lowest BCUT2D eigenvalue weighted by molar-refractivity contribution is -0.138. The molecule has 1 atom stereocenters. The normalized spacial score (nSPS) is 16.8. The van der Waals surface area contributed by atoms with Crippen LogP contribution >= 0.6 is 0 Å². The van der Waals surface area contributed by atoms with Crippen LogP contribution in [-0.4, -0.2) is 29.3 Å². The van der Waals surface area contributed by atoms with Gasteiger partial charge in [-0.3, -0.25) is 0 Å². The number of benzene rings is 3. The molecule has 1 aromatic heterocycles. The number of para-hydroxylation sites is 1. The Bertz CT molecular complexity index is 1460. The first-order valence-corrected chi connectivity index (χ1v) is 11.6. The van der Waals surface area contributed by atoms with Crippen LogP contribution in [0.25, 0.3) is 10.9 Å². The molecule has 0 saturated heterocycles. The molecular formula is C27H22F3N3O3. The Kier molecular flexibility index (Phi) is 5.28. The molecule has 6 rings (SSSR count). The van der Waals surface area contributed by atoms with Gasteiger partial charge in [-0.2, -0.15) is 13.2 Å². The molecule has 9 heteroatoms. The van der Waals surface area contributed by atoms with Crippen molar-refractivity contribution in [1.82, 2.24) is 15.2 Å². The number of ether oxygens (including phenoxy) is 2. The van der Waals surface area contributed by atoms with Crippen LogP contribution in [0.5, 0.6) is 11.5 Å². The van der Waals surface area contributed by atoms with Gasteiger partial charge in [0, 0.05) is 29.7 Å². The molecule has 2 aliphatic rings. The predicted molar refractivity (Wildman–Crippen MR) is 127 cm³/mol. The van der Waals surface area contributed by atoms with Crippen LogP contribution in [-0.2, 0) is 19.1 Å². The first-order chi connectivity index (χ1) is 17.4. The highest BCUT2D eigenvalue weighted by molar-refractivity contribution is 5.86. The summed E-state index contributed by atoms with van der Waals surface area (Å²) in [5.74, 6) is 1.22. The second-order valence-electron chi connectivity index (χ2n) is 8.84. The number of carbonyl (C=O) groups excluding carboxylic acids is 1. The fourth-order valence-corrected chi connectivity index (χ4v) is 5.11. The number of fused-ring (bicyclic) bond motifs is 4. The summed E-state index contributed by atoms with van der Waals surface area (Å²) in [4.78, 5) is 18.6. The van der Waals surface area contributed by atoms with E-state index in [2.05, 4.69) is 10.3 Å². The number of urea groups is 1. The maximum absolute atomic E-state index is 13.4. The van der Waals surface area contributed by atoms with E-state index in [1.54, 1.807) is 4.90 Å². The molecule has 3 heterocycles. The Hall–Kier alpha value is -4.14. The Balaban J connectivity index is 1.35. The van der Waals surface area contributed by atoms with Gasteiger partial charge in [0.1, 0.15) is 0 Å². The molecule has 2 amide bonds. The smallest absolute Gasteiger partial charge is 0.416 e. The van der Waals surface area contributed by atoms with E-state index in [0.717, 1.165) is 33.8 Å². The van der Waals surface area contributed by atoms with Crippen molar-refractivity contribution in [2.24, 2.45) is 0 Å². The van der Waals surface area contributed by atoms with Gasteiger partial charge < -0.3 is 24.7 Å². The molecule has 0 fully saturated rings. The Morgan fingerprint density at radius 3 is 2.67 bits per heavy atom. The van der Waals surface area contributed by atoms with Crippen LogP contribution < -0.4 is 14.8 Å². The maximum atomic E-state index is 13.4. The van der Waals surface area contributed by atoms with Crippen LogP contribution in [0.15, 0.2) is 66.7 Å². The molecule has 184 valence electrons. The van der Waals surface area contributed by atoms with Crippen LogP contribution in [0.3, 0.4) is 0 Å². The lowest BCUT2D eigenvalue weighted by Gasteiger charge is -2.36. The van der Waals surface area contributed by atoms with Gasteiger partial charge in [0.2, 0.25) is 6.79 Å². The molecule has 0 spiro atoms. The number of alkyl halides is 3. The van der Waals surface area contributed by atoms with E-state index >= 15 is 0 Å². The minimum Gasteiger partial charge on any atom is -0.454 e. The molecule has 0 aliphatic carbocycles. The van der Waals surface area contributed by atoms with Gasteiger partial charge in [-0.25, -0.2) is 4.79 Å². The SMILES string of the molecule is O=C(NCc1ccccc1C(F)(F)F)N1CCc2c([nH]c3ccccc23)C1c1ccc2c(c1)OCO2. The predicted octanol–water partition coefficient (Wildman–Crippen LogP) is 5.77. The van der Waals surface area contributed by atoms with Crippen molar-refractivity contribution in [3.63, 3.8) is 0 Å². The van der Waals surface area contributed by atoms with Crippen molar-refractivity contribution >= 4 is 16.9 Å². The number of rotatable bonds is 3. The van der Waals surface area contributed by atoms with Gasteiger partial charge in [0.25, 0.3) is 0 Å². The van der Waals surface area contributed by atoms with Crippen molar-refractivity contribution in [3.8, 4) is 11.5 Å². The third-order valence-corrected chi connectivity index (χ3v) is 6.76. The third kappa shape index (κ3) is 3.80. The minimum absolute atomic E-state index is 0.0151. The molecule has 4 aromatic rings. The highest BCUT2D eigenvalue weighted by Crippen LogP contribution is 2.42. The van der Waals surface area contributed by atoms with Gasteiger partial charge >= 0.3 is 12.2 Å². The molecule has 36 heavy (non-hydrogen) atoms. The number of carbonyl (C=O) groups is 1. The van der Waals surface area contributed by atoms with Crippen molar-refractivity contribution in [2.75, 3.05) is 13.3 Å². The maximum Gasteiger partial charge on any atom is 0.416 e. The number of amides is 2. The molecule has 3 aromatic carbocycles. The largest absolute Gasteiger partial charge is 0.454 e. The van der Waals surface area contributed by atoms with Gasteiger partial charge in [0.05, 0.1) is 11.6 Å². The van der Waals surface area contributed by atoms with Crippen LogP contribution in [0.2, 0.25) is 0 Å². The van der Waals surface area contributed by atoms with E-state index in [9.17, 15) is 18.0 Å².